The molecule has 2 saturated heterocycles. The number of piperidine rings is 1. The summed E-state index contributed by atoms with van der Waals surface area (Å²) in [5.41, 5.74) is 0.737. The highest BCUT2D eigenvalue weighted by Gasteiger charge is 2.22. The summed E-state index contributed by atoms with van der Waals surface area (Å²) in [4.78, 5) is 15.2. The fourth-order valence-corrected chi connectivity index (χ4v) is 3.97. The zero-order valence-corrected chi connectivity index (χ0v) is 16.5. The number of rotatable bonds is 7. The van der Waals surface area contributed by atoms with Crippen molar-refractivity contribution < 1.29 is 14.1 Å². The van der Waals surface area contributed by atoms with Crippen molar-refractivity contribution in [2.45, 2.75) is 25.8 Å². The normalized spacial score (nSPS) is 19.4. The van der Waals surface area contributed by atoms with Gasteiger partial charge < -0.3 is 9.15 Å². The molecule has 0 bridgehead atoms. The number of benzene rings is 1. The number of morpholine rings is 1. The summed E-state index contributed by atoms with van der Waals surface area (Å²) in [6, 6.07) is 6.16. The van der Waals surface area contributed by atoms with Crippen molar-refractivity contribution in [3.05, 3.63) is 40.3 Å². The second kappa shape index (κ2) is 9.43. The molecule has 0 amide bonds. The number of nitro groups is 1. The minimum Gasteiger partial charge on any atom is -0.419 e. The molecule has 0 spiro atoms. The molecule has 0 aliphatic carbocycles. The second-order valence-electron chi connectivity index (χ2n) is 7.77. The van der Waals surface area contributed by atoms with Crippen LogP contribution in [0.2, 0.25) is 0 Å². The molecule has 2 aliphatic heterocycles. The second-order valence-corrected chi connectivity index (χ2v) is 7.77. The maximum Gasteiger partial charge on any atom is 0.269 e. The number of aromatic nitrogens is 2. The van der Waals surface area contributed by atoms with Crippen LogP contribution in [0, 0.1) is 16.0 Å². The van der Waals surface area contributed by atoms with E-state index in [2.05, 4.69) is 20.0 Å². The Hall–Kier alpha value is -2.36. The smallest absolute Gasteiger partial charge is 0.269 e. The van der Waals surface area contributed by atoms with Gasteiger partial charge in [0.1, 0.15) is 0 Å². The lowest BCUT2D eigenvalue weighted by Gasteiger charge is -2.33. The minimum atomic E-state index is -0.423. The highest BCUT2D eigenvalue weighted by Crippen LogP contribution is 2.24. The first kappa shape index (κ1) is 19.9. The average molecular weight is 401 g/mol. The Bertz CT molecular complexity index is 795. The summed E-state index contributed by atoms with van der Waals surface area (Å²) in [6.07, 6.45) is 3.67. The van der Waals surface area contributed by atoms with E-state index in [1.807, 2.05) is 0 Å². The van der Waals surface area contributed by atoms with Crippen molar-refractivity contribution in [3.8, 4) is 11.5 Å². The van der Waals surface area contributed by atoms with Gasteiger partial charge in [0, 0.05) is 30.8 Å². The van der Waals surface area contributed by atoms with E-state index >= 15 is 0 Å². The predicted molar refractivity (Wildman–Crippen MR) is 106 cm³/mol. The first-order valence-corrected chi connectivity index (χ1v) is 10.3. The zero-order chi connectivity index (χ0) is 20.1. The van der Waals surface area contributed by atoms with E-state index in [4.69, 9.17) is 9.15 Å². The fraction of sp³-hybridized carbons (Fsp3) is 0.600. The Morgan fingerprint density at radius 3 is 2.45 bits per heavy atom. The largest absolute Gasteiger partial charge is 0.419 e. The molecule has 1 aromatic carbocycles. The van der Waals surface area contributed by atoms with Gasteiger partial charge in [-0.3, -0.25) is 19.9 Å². The molecule has 0 atom stereocenters. The van der Waals surface area contributed by atoms with Gasteiger partial charge >= 0.3 is 0 Å². The van der Waals surface area contributed by atoms with Crippen LogP contribution in [0.4, 0.5) is 5.69 Å². The first-order chi connectivity index (χ1) is 14.2. The monoisotopic (exact) mass is 401 g/mol. The molecule has 4 rings (SSSR count). The highest BCUT2D eigenvalue weighted by atomic mass is 16.6. The molecule has 2 fully saturated rings. The number of hydrogen-bond acceptors (Lipinski definition) is 8. The van der Waals surface area contributed by atoms with Crippen molar-refractivity contribution in [1.82, 2.24) is 20.0 Å². The molecule has 0 radical (unpaired) electrons. The zero-order valence-electron chi connectivity index (χ0n) is 16.5. The first-order valence-electron chi connectivity index (χ1n) is 10.3. The molecule has 156 valence electrons. The Labute approximate surface area is 169 Å². The van der Waals surface area contributed by atoms with E-state index < -0.39 is 4.92 Å². The number of nitrogens with zero attached hydrogens (tertiary/aromatic N) is 5. The van der Waals surface area contributed by atoms with Crippen LogP contribution in [-0.4, -0.2) is 70.9 Å². The Morgan fingerprint density at radius 2 is 1.76 bits per heavy atom. The fourth-order valence-electron chi connectivity index (χ4n) is 3.97. The van der Waals surface area contributed by atoms with Crippen LogP contribution in [0.1, 0.15) is 25.2 Å². The van der Waals surface area contributed by atoms with E-state index in [0.29, 0.717) is 23.9 Å². The lowest BCUT2D eigenvalue weighted by atomic mass is 9.93. The summed E-state index contributed by atoms with van der Waals surface area (Å²) in [5, 5.41) is 19.0. The van der Waals surface area contributed by atoms with Crippen molar-refractivity contribution in [2.75, 3.05) is 45.9 Å². The quantitative estimate of drug-likeness (QED) is 0.516. The lowest BCUT2D eigenvalue weighted by molar-refractivity contribution is -0.384. The van der Waals surface area contributed by atoms with E-state index in [1.165, 1.54) is 37.9 Å². The van der Waals surface area contributed by atoms with Crippen LogP contribution in [0.5, 0.6) is 0 Å². The number of non-ortho nitro benzene ring substituents is 1. The summed E-state index contributed by atoms with van der Waals surface area (Å²) in [7, 11) is 0. The molecule has 3 heterocycles. The third-order valence-corrected chi connectivity index (χ3v) is 5.82. The van der Waals surface area contributed by atoms with Crippen LogP contribution >= 0.6 is 0 Å². The Balaban J connectivity index is 1.23. The molecular formula is C20H27N5O4. The number of ether oxygens (including phenoxy) is 1. The third kappa shape index (κ3) is 5.37. The summed E-state index contributed by atoms with van der Waals surface area (Å²) >= 11 is 0. The predicted octanol–water partition coefficient (Wildman–Crippen LogP) is 2.58. The van der Waals surface area contributed by atoms with Gasteiger partial charge in [-0.1, -0.05) is 0 Å². The standard InChI is InChI=1S/C20H27N5O4/c26-25(27)18-3-1-17(2-4-18)20-22-21-19(29-20)15-24-9-6-16(7-10-24)5-8-23-11-13-28-14-12-23/h1-4,16H,5-15H2. The number of hydrogen-bond donors (Lipinski definition) is 0. The van der Waals surface area contributed by atoms with Crippen LogP contribution < -0.4 is 0 Å². The van der Waals surface area contributed by atoms with Gasteiger partial charge in [0.2, 0.25) is 11.8 Å². The lowest BCUT2D eigenvalue weighted by Crippen LogP contribution is -2.39. The molecule has 9 heteroatoms. The van der Waals surface area contributed by atoms with Gasteiger partial charge in [-0.15, -0.1) is 10.2 Å². The SMILES string of the molecule is O=[N+]([O-])c1ccc(-c2nnc(CN3CCC(CCN4CCOCC4)CC3)o2)cc1. The van der Waals surface area contributed by atoms with Gasteiger partial charge in [-0.05, 0) is 56.9 Å². The van der Waals surface area contributed by atoms with E-state index in [9.17, 15) is 10.1 Å². The molecule has 2 aliphatic rings. The topological polar surface area (TPSA) is 97.8 Å². The summed E-state index contributed by atoms with van der Waals surface area (Å²) < 4.78 is 11.2. The van der Waals surface area contributed by atoms with E-state index in [1.54, 1.807) is 12.1 Å². The maximum atomic E-state index is 10.8. The molecule has 29 heavy (non-hydrogen) atoms. The van der Waals surface area contributed by atoms with Crippen molar-refractivity contribution in [2.24, 2.45) is 5.92 Å². The third-order valence-electron chi connectivity index (χ3n) is 5.82. The molecular weight excluding hydrogens is 374 g/mol. The highest BCUT2D eigenvalue weighted by molar-refractivity contribution is 5.55. The van der Waals surface area contributed by atoms with Crippen LogP contribution in [0.25, 0.3) is 11.5 Å². The van der Waals surface area contributed by atoms with Gasteiger partial charge in [-0.25, -0.2) is 0 Å². The minimum absolute atomic E-state index is 0.0463. The van der Waals surface area contributed by atoms with Crippen LogP contribution in [0.15, 0.2) is 28.7 Å². The van der Waals surface area contributed by atoms with E-state index in [-0.39, 0.29) is 5.69 Å². The Morgan fingerprint density at radius 1 is 1.03 bits per heavy atom. The van der Waals surface area contributed by atoms with Crippen molar-refractivity contribution in [3.63, 3.8) is 0 Å². The van der Waals surface area contributed by atoms with Crippen molar-refractivity contribution >= 4 is 5.69 Å². The maximum absolute atomic E-state index is 10.8. The van der Waals surface area contributed by atoms with Gasteiger partial charge in [-0.2, -0.15) is 0 Å². The number of nitro benzene ring substituents is 1. The Kier molecular flexibility index (Phi) is 6.48. The molecule has 9 nitrogen and oxygen atoms in total. The molecule has 0 N–H and O–H groups in total. The summed E-state index contributed by atoms with van der Waals surface area (Å²) in [5.74, 6) is 1.77. The molecule has 0 saturated carbocycles. The summed E-state index contributed by atoms with van der Waals surface area (Å²) in [6.45, 7) is 7.77. The van der Waals surface area contributed by atoms with Crippen molar-refractivity contribution in [1.29, 1.82) is 0 Å². The molecule has 1 aromatic heterocycles. The number of likely N-dealkylation sites (tertiary alicyclic amines) is 1. The van der Waals surface area contributed by atoms with Gasteiger partial charge in [0.25, 0.3) is 5.69 Å². The molecule has 0 unspecified atom stereocenters. The van der Waals surface area contributed by atoms with E-state index in [0.717, 1.165) is 45.3 Å². The average Bonchev–Trinajstić information content (AvgIpc) is 3.22. The van der Waals surface area contributed by atoms with Gasteiger partial charge in [0.15, 0.2) is 0 Å². The molecule has 2 aromatic rings. The van der Waals surface area contributed by atoms with Crippen LogP contribution in [0.3, 0.4) is 0 Å². The van der Waals surface area contributed by atoms with Gasteiger partial charge in [0.05, 0.1) is 24.7 Å². The van der Waals surface area contributed by atoms with Crippen LogP contribution in [-0.2, 0) is 11.3 Å².